The van der Waals surface area contributed by atoms with Crippen molar-refractivity contribution in [1.29, 1.82) is 0 Å². The average Bonchev–Trinajstić information content (AvgIpc) is 3.21. The van der Waals surface area contributed by atoms with Crippen molar-refractivity contribution >= 4 is 5.69 Å². The van der Waals surface area contributed by atoms with Crippen molar-refractivity contribution < 1.29 is 21.8 Å². The standard InChI is InChI=1S/C14H16NO.C5H5.Fe/c1-15(2)13-9-6-8-11(13)12-7-4-5-10-14(12)16-3;1-2-4-5-3-1;/h4-10H,1-3H3;1-5H;/q2*-1;+2. The Morgan fingerprint density at radius 1 is 0.955 bits per heavy atom. The van der Waals surface area contributed by atoms with Gasteiger partial charge in [-0.05, 0) is 5.69 Å². The molecule has 0 aliphatic heterocycles. The third kappa shape index (κ3) is 4.52. The first-order valence-electron chi connectivity index (χ1n) is 6.97. The minimum absolute atomic E-state index is 0. The Morgan fingerprint density at radius 2 is 1.64 bits per heavy atom. The van der Waals surface area contributed by atoms with Gasteiger partial charge in [0.05, 0.1) is 12.9 Å². The van der Waals surface area contributed by atoms with Crippen LogP contribution in [0.1, 0.15) is 0 Å². The van der Waals surface area contributed by atoms with E-state index in [1.807, 2.05) is 62.6 Å². The first-order chi connectivity index (χ1) is 10.2. The van der Waals surface area contributed by atoms with E-state index >= 15 is 0 Å². The minimum atomic E-state index is 0. The van der Waals surface area contributed by atoms with E-state index in [-0.39, 0.29) is 17.1 Å². The Bertz CT molecular complexity index is 624. The molecule has 0 heterocycles. The summed E-state index contributed by atoms with van der Waals surface area (Å²) >= 11 is 0. The molecule has 2 nitrogen and oxygen atoms in total. The summed E-state index contributed by atoms with van der Waals surface area (Å²) in [6, 6.07) is 24.4. The number of nitrogens with zero attached hydrogens (tertiary/aromatic N) is 1. The fourth-order valence-electron chi connectivity index (χ4n) is 2.22. The molecule has 0 aliphatic rings. The van der Waals surface area contributed by atoms with Crippen molar-refractivity contribution in [3.05, 3.63) is 72.8 Å². The summed E-state index contributed by atoms with van der Waals surface area (Å²) in [6.07, 6.45) is 0. The molecule has 0 unspecified atom stereocenters. The Balaban J connectivity index is 0.000000344. The summed E-state index contributed by atoms with van der Waals surface area (Å²) in [6.45, 7) is 0. The molecule has 0 aromatic heterocycles. The molecule has 3 heteroatoms. The van der Waals surface area contributed by atoms with E-state index in [2.05, 4.69) is 29.2 Å². The maximum absolute atomic E-state index is 5.39. The Morgan fingerprint density at radius 3 is 2.18 bits per heavy atom. The zero-order valence-corrected chi connectivity index (χ0v) is 14.2. The normalized spacial score (nSPS) is 9.23. The summed E-state index contributed by atoms with van der Waals surface area (Å²) < 4.78 is 5.39. The molecule has 3 rings (SSSR count). The molecular weight excluding hydrogens is 314 g/mol. The van der Waals surface area contributed by atoms with E-state index in [1.54, 1.807) is 7.11 Å². The Kier molecular flexibility index (Phi) is 7.51. The minimum Gasteiger partial charge on any atom is -0.531 e. The molecular formula is C19H21FeNO. The molecule has 3 aromatic rings. The van der Waals surface area contributed by atoms with E-state index in [0.29, 0.717) is 0 Å². The number of methoxy groups -OCH3 is 1. The molecule has 0 radical (unpaired) electrons. The maximum atomic E-state index is 5.39. The van der Waals surface area contributed by atoms with Crippen molar-refractivity contribution in [3.63, 3.8) is 0 Å². The van der Waals surface area contributed by atoms with Crippen molar-refractivity contribution in [1.82, 2.24) is 0 Å². The van der Waals surface area contributed by atoms with Crippen LogP contribution < -0.4 is 9.64 Å². The van der Waals surface area contributed by atoms with Crippen molar-refractivity contribution in [2.24, 2.45) is 0 Å². The van der Waals surface area contributed by atoms with Gasteiger partial charge in [-0.1, -0.05) is 29.3 Å². The monoisotopic (exact) mass is 335 g/mol. The maximum Gasteiger partial charge on any atom is 2.00 e. The largest absolute Gasteiger partial charge is 2.00 e. The van der Waals surface area contributed by atoms with E-state index in [1.165, 1.54) is 11.3 Å². The quantitative estimate of drug-likeness (QED) is 0.514. The van der Waals surface area contributed by atoms with Crippen LogP contribution in [0.15, 0.2) is 72.8 Å². The molecule has 0 fully saturated rings. The van der Waals surface area contributed by atoms with Crippen LogP contribution in [0.2, 0.25) is 0 Å². The van der Waals surface area contributed by atoms with Crippen LogP contribution in [-0.2, 0) is 17.1 Å². The van der Waals surface area contributed by atoms with Gasteiger partial charge in [0.1, 0.15) is 0 Å². The van der Waals surface area contributed by atoms with Crippen LogP contribution in [-0.4, -0.2) is 21.2 Å². The summed E-state index contributed by atoms with van der Waals surface area (Å²) in [5.74, 6) is 0.914. The van der Waals surface area contributed by atoms with Gasteiger partial charge in [-0.3, -0.25) is 0 Å². The third-order valence-electron chi connectivity index (χ3n) is 3.23. The SMILES string of the molecule is COc1ccccc1-[c-]1cccc1N(C)C.[Fe+2].c1cc[cH-]c1. The molecule has 116 valence electrons. The topological polar surface area (TPSA) is 12.5 Å². The second-order valence-electron chi connectivity index (χ2n) is 4.88. The molecule has 0 N–H and O–H groups in total. The van der Waals surface area contributed by atoms with E-state index in [9.17, 15) is 0 Å². The van der Waals surface area contributed by atoms with Gasteiger partial charge in [-0.2, -0.15) is 18.2 Å². The van der Waals surface area contributed by atoms with Gasteiger partial charge in [-0.25, -0.2) is 12.1 Å². The van der Waals surface area contributed by atoms with Gasteiger partial charge in [0.15, 0.2) is 0 Å². The van der Waals surface area contributed by atoms with E-state index in [0.717, 1.165) is 11.3 Å². The summed E-state index contributed by atoms with van der Waals surface area (Å²) in [5, 5.41) is 0. The van der Waals surface area contributed by atoms with Gasteiger partial charge < -0.3 is 9.64 Å². The average molecular weight is 335 g/mol. The van der Waals surface area contributed by atoms with Crippen molar-refractivity contribution in [2.45, 2.75) is 0 Å². The number of anilines is 1. The van der Waals surface area contributed by atoms with Crippen LogP contribution >= 0.6 is 0 Å². The van der Waals surface area contributed by atoms with Crippen molar-refractivity contribution in [3.8, 4) is 16.9 Å². The molecule has 0 amide bonds. The Labute approximate surface area is 143 Å². The molecule has 3 aromatic carbocycles. The second-order valence-corrected chi connectivity index (χ2v) is 4.88. The molecule has 22 heavy (non-hydrogen) atoms. The molecule has 0 bridgehead atoms. The number of ether oxygens (including phenoxy) is 1. The van der Waals surface area contributed by atoms with Crippen LogP contribution in [0, 0.1) is 0 Å². The van der Waals surface area contributed by atoms with Crippen LogP contribution in [0.3, 0.4) is 0 Å². The number of hydrogen-bond donors (Lipinski definition) is 0. The first-order valence-corrected chi connectivity index (χ1v) is 6.97. The molecule has 0 aliphatic carbocycles. The van der Waals surface area contributed by atoms with Gasteiger partial charge in [-0.15, -0.1) is 24.3 Å². The fourth-order valence-corrected chi connectivity index (χ4v) is 2.22. The Hall–Kier alpha value is -1.96. The van der Waals surface area contributed by atoms with Crippen LogP contribution in [0.25, 0.3) is 11.1 Å². The first kappa shape index (κ1) is 18.1. The van der Waals surface area contributed by atoms with Crippen LogP contribution in [0.5, 0.6) is 5.75 Å². The fraction of sp³-hybridized carbons (Fsp3) is 0.158. The summed E-state index contributed by atoms with van der Waals surface area (Å²) in [7, 11) is 5.81. The zero-order valence-electron chi connectivity index (χ0n) is 13.1. The third-order valence-corrected chi connectivity index (χ3v) is 3.23. The van der Waals surface area contributed by atoms with Gasteiger partial charge in [0.2, 0.25) is 0 Å². The molecule has 0 saturated carbocycles. The van der Waals surface area contributed by atoms with Gasteiger partial charge >= 0.3 is 17.1 Å². The summed E-state index contributed by atoms with van der Waals surface area (Å²) in [5.41, 5.74) is 3.56. The van der Waals surface area contributed by atoms with Crippen LogP contribution in [0.4, 0.5) is 5.69 Å². The van der Waals surface area contributed by atoms with E-state index in [4.69, 9.17) is 4.74 Å². The predicted molar refractivity (Wildman–Crippen MR) is 90.4 cm³/mol. The number of hydrogen-bond acceptors (Lipinski definition) is 2. The number of para-hydroxylation sites is 1. The second kappa shape index (κ2) is 9.14. The molecule has 0 atom stereocenters. The zero-order chi connectivity index (χ0) is 15.1. The summed E-state index contributed by atoms with van der Waals surface area (Å²) in [4.78, 5) is 2.11. The number of benzene rings is 1. The van der Waals surface area contributed by atoms with E-state index < -0.39 is 0 Å². The van der Waals surface area contributed by atoms with Crippen molar-refractivity contribution in [2.75, 3.05) is 26.1 Å². The molecule has 0 spiro atoms. The number of rotatable bonds is 3. The molecule has 0 saturated heterocycles. The predicted octanol–water partition coefficient (Wildman–Crippen LogP) is 4.55. The van der Waals surface area contributed by atoms with Gasteiger partial charge in [0.25, 0.3) is 0 Å². The van der Waals surface area contributed by atoms with Gasteiger partial charge in [0, 0.05) is 14.1 Å². The smallest absolute Gasteiger partial charge is 0.531 e.